The molecule has 0 fully saturated rings. The number of anilines is 2. The number of nitrogens with zero attached hydrogens (tertiary/aromatic N) is 6. The molecule has 0 saturated heterocycles. The van der Waals surface area contributed by atoms with Crippen LogP contribution in [0.3, 0.4) is 0 Å². The van der Waals surface area contributed by atoms with E-state index in [0.717, 1.165) is 11.8 Å². The zero-order valence-electron chi connectivity index (χ0n) is 12.2. The highest BCUT2D eigenvalue weighted by Crippen LogP contribution is 2.28. The van der Waals surface area contributed by atoms with Crippen molar-refractivity contribution in [2.75, 3.05) is 11.5 Å². The molecule has 4 N–H and O–H groups in total. The van der Waals surface area contributed by atoms with E-state index in [1.807, 2.05) is 34.1 Å². The van der Waals surface area contributed by atoms with Crippen molar-refractivity contribution in [3.63, 3.8) is 0 Å². The minimum Gasteiger partial charge on any atom is -0.397 e. The Bertz CT molecular complexity index is 888. The molecular weight excluding hydrogens is 320 g/mol. The van der Waals surface area contributed by atoms with Crippen LogP contribution in [0.5, 0.6) is 0 Å². The number of hydrogen-bond donors (Lipinski definition) is 2. The standard InChI is InChI=1S/C12H14N2.N6O2S/c1-2-8-4-3-5-10-9(8)6-7-11(13)12(10)14;1-3-5-9(7,8)6-4-2/h3-7H,2,13-14H2,1H3;. The number of fused-ring (bicyclic) bond motifs is 1. The van der Waals surface area contributed by atoms with Crippen molar-refractivity contribution in [2.45, 2.75) is 13.3 Å². The monoisotopic (exact) mass is 334 g/mol. The van der Waals surface area contributed by atoms with E-state index in [4.69, 9.17) is 22.5 Å². The van der Waals surface area contributed by atoms with Crippen LogP contribution in [0.2, 0.25) is 0 Å². The lowest BCUT2D eigenvalue weighted by Crippen LogP contribution is -1.96. The maximum Gasteiger partial charge on any atom is 0.321 e. The van der Waals surface area contributed by atoms with Gasteiger partial charge >= 0.3 is 10.2 Å². The SMILES string of the molecule is CCc1cccc2c(N)c(N)ccc12.[N-]=[N+]=NS(=O)(=O)N=[N+]=[N-]. The number of aryl methyl sites for hydroxylation is 1. The van der Waals surface area contributed by atoms with Crippen LogP contribution < -0.4 is 11.5 Å². The van der Waals surface area contributed by atoms with E-state index in [9.17, 15) is 8.42 Å². The highest BCUT2D eigenvalue weighted by Gasteiger charge is 2.03. The molecule has 120 valence electrons. The van der Waals surface area contributed by atoms with Gasteiger partial charge in [-0.25, -0.2) is 8.42 Å². The van der Waals surface area contributed by atoms with Gasteiger partial charge in [0.1, 0.15) is 0 Å². The fraction of sp³-hybridized carbons (Fsp3) is 0.167. The molecule has 0 saturated carbocycles. The van der Waals surface area contributed by atoms with Crippen molar-refractivity contribution in [3.8, 4) is 0 Å². The zero-order valence-corrected chi connectivity index (χ0v) is 13.0. The third kappa shape index (κ3) is 4.68. The van der Waals surface area contributed by atoms with Crippen molar-refractivity contribution in [3.05, 3.63) is 56.8 Å². The molecule has 0 bridgehead atoms. The quantitative estimate of drug-likeness (QED) is 0.377. The summed E-state index contributed by atoms with van der Waals surface area (Å²) in [6.45, 7) is 2.14. The molecule has 2 rings (SSSR count). The molecule has 0 unspecified atom stereocenters. The van der Waals surface area contributed by atoms with Crippen LogP contribution in [0.1, 0.15) is 12.5 Å². The molecule has 0 amide bonds. The first-order chi connectivity index (χ1) is 10.9. The Labute approximate surface area is 132 Å². The summed E-state index contributed by atoms with van der Waals surface area (Å²) < 4.78 is 24.3. The summed E-state index contributed by atoms with van der Waals surface area (Å²) >= 11 is 0. The number of hydrogen-bond acceptors (Lipinski definition) is 4. The molecule has 0 atom stereocenters. The highest BCUT2D eigenvalue weighted by molar-refractivity contribution is 7.88. The van der Waals surface area contributed by atoms with Crippen LogP contribution in [-0.2, 0) is 16.6 Å². The first-order valence-electron chi connectivity index (χ1n) is 6.29. The average Bonchev–Trinajstić information content (AvgIpc) is 2.51. The zero-order chi connectivity index (χ0) is 17.5. The van der Waals surface area contributed by atoms with Gasteiger partial charge in [-0.15, -0.1) is 0 Å². The maximum absolute atomic E-state index is 9.99. The van der Waals surface area contributed by atoms with Crippen molar-refractivity contribution >= 4 is 32.4 Å². The number of nitrogens with two attached hydrogens (primary N) is 2. The van der Waals surface area contributed by atoms with Gasteiger partial charge in [0.25, 0.3) is 0 Å². The minimum atomic E-state index is -4.27. The number of benzene rings is 2. The van der Waals surface area contributed by atoms with E-state index in [-0.39, 0.29) is 0 Å². The van der Waals surface area contributed by atoms with Crippen molar-refractivity contribution in [1.29, 1.82) is 0 Å². The van der Waals surface area contributed by atoms with Crippen LogP contribution in [0.25, 0.3) is 31.7 Å². The van der Waals surface area contributed by atoms with Gasteiger partial charge < -0.3 is 11.5 Å². The second-order valence-electron chi connectivity index (χ2n) is 4.22. The largest absolute Gasteiger partial charge is 0.397 e. The summed E-state index contributed by atoms with van der Waals surface area (Å²) in [7, 11) is -4.27. The van der Waals surface area contributed by atoms with E-state index < -0.39 is 10.2 Å². The number of nitrogen functional groups attached to an aromatic ring is 2. The molecule has 11 heteroatoms. The third-order valence-corrected chi connectivity index (χ3v) is 3.45. The summed E-state index contributed by atoms with van der Waals surface area (Å²) in [6, 6.07) is 10.1. The van der Waals surface area contributed by atoms with Crippen LogP contribution >= 0.6 is 0 Å². The van der Waals surface area contributed by atoms with Crippen LogP contribution in [0.15, 0.2) is 39.4 Å². The van der Waals surface area contributed by atoms with Crippen molar-refractivity contribution in [2.24, 2.45) is 9.04 Å². The molecule has 23 heavy (non-hydrogen) atoms. The Hall–Kier alpha value is -3.13. The normalized spacial score (nSPS) is 9.96. The summed E-state index contributed by atoms with van der Waals surface area (Å²) in [4.78, 5) is 3.80. The Morgan fingerprint density at radius 1 is 1.04 bits per heavy atom. The maximum atomic E-state index is 9.99. The molecular formula is C12H14N8O2S. The average molecular weight is 334 g/mol. The number of rotatable bonds is 3. The van der Waals surface area contributed by atoms with Gasteiger partial charge in [-0.2, -0.15) is 0 Å². The molecule has 0 aliphatic carbocycles. The van der Waals surface area contributed by atoms with Gasteiger partial charge in [-0.1, -0.05) is 31.2 Å². The number of azide groups is 1. The molecule has 10 nitrogen and oxygen atoms in total. The lowest BCUT2D eigenvalue weighted by molar-refractivity contribution is 0.599. The summed E-state index contributed by atoms with van der Waals surface area (Å²) in [5.41, 5.74) is 29.4. The first-order valence-corrected chi connectivity index (χ1v) is 7.69. The van der Waals surface area contributed by atoms with E-state index in [0.29, 0.717) is 11.4 Å². The van der Waals surface area contributed by atoms with Gasteiger partial charge in [0, 0.05) is 24.2 Å². The molecule has 0 aliphatic heterocycles. The van der Waals surface area contributed by atoms with Crippen molar-refractivity contribution < 1.29 is 8.42 Å². The van der Waals surface area contributed by atoms with Gasteiger partial charge in [-0.05, 0) is 34.5 Å². The Morgan fingerprint density at radius 2 is 1.65 bits per heavy atom. The lowest BCUT2D eigenvalue weighted by atomic mass is 10.0. The summed E-state index contributed by atoms with van der Waals surface area (Å²) in [5, 5.41) is 2.27. The van der Waals surface area contributed by atoms with E-state index in [2.05, 4.69) is 22.0 Å². The van der Waals surface area contributed by atoms with Crippen LogP contribution in [-0.4, -0.2) is 8.42 Å². The van der Waals surface area contributed by atoms with E-state index in [1.54, 1.807) is 0 Å². The Kier molecular flexibility index (Phi) is 6.04. The van der Waals surface area contributed by atoms with Crippen LogP contribution in [0, 0.1) is 0 Å². The topological polar surface area (TPSA) is 184 Å². The lowest BCUT2D eigenvalue weighted by Gasteiger charge is -2.08. The second-order valence-corrected chi connectivity index (χ2v) is 5.45. The highest BCUT2D eigenvalue weighted by atomic mass is 32.2. The second kappa shape index (κ2) is 7.76. The van der Waals surface area contributed by atoms with E-state index >= 15 is 0 Å². The predicted molar refractivity (Wildman–Crippen MR) is 89.4 cm³/mol. The molecule has 0 radical (unpaired) electrons. The van der Waals surface area contributed by atoms with Gasteiger partial charge in [-0.3, -0.25) is 0 Å². The predicted octanol–water partition coefficient (Wildman–Crippen LogP) is 3.42. The molecule has 0 heterocycles. The van der Waals surface area contributed by atoms with Crippen molar-refractivity contribution in [1.82, 2.24) is 0 Å². The smallest absolute Gasteiger partial charge is 0.321 e. The van der Waals surface area contributed by atoms with E-state index in [1.165, 1.54) is 10.9 Å². The Balaban J connectivity index is 0.000000257. The molecule has 2 aromatic rings. The Morgan fingerprint density at radius 3 is 2.17 bits per heavy atom. The van der Waals surface area contributed by atoms with Crippen LogP contribution in [0.4, 0.5) is 11.4 Å². The molecule has 2 aromatic carbocycles. The van der Waals surface area contributed by atoms with Gasteiger partial charge in [0.2, 0.25) is 0 Å². The molecule has 0 aliphatic rings. The summed E-state index contributed by atoms with van der Waals surface area (Å²) in [5.74, 6) is 0. The first kappa shape index (κ1) is 17.9. The molecule has 0 aromatic heterocycles. The molecule has 0 spiro atoms. The minimum absolute atomic E-state index is 0.658. The fourth-order valence-corrected chi connectivity index (χ4v) is 2.10. The summed E-state index contributed by atoms with van der Waals surface area (Å²) in [6.07, 6.45) is 1.01. The third-order valence-electron chi connectivity index (χ3n) is 2.89. The fourth-order valence-electron chi connectivity index (χ4n) is 1.88. The van der Waals surface area contributed by atoms with Gasteiger partial charge in [0.05, 0.1) is 11.4 Å². The van der Waals surface area contributed by atoms with Gasteiger partial charge in [0.15, 0.2) is 0 Å².